The summed E-state index contributed by atoms with van der Waals surface area (Å²) in [5, 5.41) is 4.12. The minimum Gasteiger partial charge on any atom is -0.494 e. The van der Waals surface area contributed by atoms with Crippen LogP contribution in [0.3, 0.4) is 0 Å². The van der Waals surface area contributed by atoms with Crippen LogP contribution in [-0.2, 0) is 4.74 Å². The molecule has 0 unspecified atom stereocenters. The summed E-state index contributed by atoms with van der Waals surface area (Å²) in [5.41, 5.74) is 3.55. The molecule has 0 aliphatic carbocycles. The summed E-state index contributed by atoms with van der Waals surface area (Å²) >= 11 is 6.87. The third-order valence-electron chi connectivity index (χ3n) is 3.64. The van der Waals surface area contributed by atoms with Crippen molar-refractivity contribution in [2.24, 2.45) is 5.10 Å². The van der Waals surface area contributed by atoms with Gasteiger partial charge in [0.2, 0.25) is 5.95 Å². The molecule has 0 radical (unpaired) electrons. The molecule has 1 aromatic carbocycles. The van der Waals surface area contributed by atoms with E-state index in [2.05, 4.69) is 52.4 Å². The second-order valence-electron chi connectivity index (χ2n) is 5.35. The van der Waals surface area contributed by atoms with Crippen LogP contribution in [0.5, 0.6) is 5.75 Å². The molecule has 1 N–H and O–H groups in total. The zero-order valence-electron chi connectivity index (χ0n) is 13.9. The molecule has 1 fully saturated rings. The van der Waals surface area contributed by atoms with Crippen LogP contribution in [0.25, 0.3) is 0 Å². The van der Waals surface area contributed by atoms with Gasteiger partial charge in [0, 0.05) is 13.1 Å². The molecule has 10 heteroatoms. The molecule has 1 saturated heterocycles. The Bertz CT molecular complexity index is 792. The Morgan fingerprint density at radius 3 is 2.65 bits per heavy atom. The van der Waals surface area contributed by atoms with E-state index >= 15 is 0 Å². The Morgan fingerprint density at radius 1 is 1.31 bits per heavy atom. The molecule has 2 heterocycles. The molecular formula is C16H16Br2FN5O2. The number of nitrogens with one attached hydrogen (secondary N) is 1. The van der Waals surface area contributed by atoms with Crippen molar-refractivity contribution in [3.05, 3.63) is 38.7 Å². The summed E-state index contributed by atoms with van der Waals surface area (Å²) in [7, 11) is 1.60. The van der Waals surface area contributed by atoms with Crippen LogP contribution in [0.15, 0.2) is 32.4 Å². The topological polar surface area (TPSA) is 71.9 Å². The number of hydrazone groups is 1. The Balaban J connectivity index is 1.72. The van der Waals surface area contributed by atoms with Gasteiger partial charge in [-0.2, -0.15) is 10.1 Å². The summed E-state index contributed by atoms with van der Waals surface area (Å²) in [5.74, 6) is 0.697. The number of aromatic nitrogens is 2. The third-order valence-corrected chi connectivity index (χ3v) is 4.82. The Labute approximate surface area is 166 Å². The number of hydrogen-bond acceptors (Lipinski definition) is 7. The maximum Gasteiger partial charge on any atom is 0.245 e. The first-order chi connectivity index (χ1) is 12.6. The molecule has 0 saturated carbocycles. The summed E-state index contributed by atoms with van der Waals surface area (Å²) < 4.78 is 26.1. The lowest BCUT2D eigenvalue weighted by atomic mass is 10.2. The highest BCUT2D eigenvalue weighted by molar-refractivity contribution is 9.11. The van der Waals surface area contributed by atoms with E-state index in [1.54, 1.807) is 13.3 Å². The van der Waals surface area contributed by atoms with E-state index in [-0.39, 0.29) is 11.8 Å². The number of benzene rings is 1. The fraction of sp³-hybridized carbons (Fsp3) is 0.312. The van der Waals surface area contributed by atoms with Crippen LogP contribution in [0.4, 0.5) is 16.2 Å². The molecule has 1 aliphatic rings. The Kier molecular flexibility index (Phi) is 6.38. The Hall–Kier alpha value is -1.78. The van der Waals surface area contributed by atoms with Gasteiger partial charge < -0.3 is 14.4 Å². The molecule has 26 heavy (non-hydrogen) atoms. The largest absolute Gasteiger partial charge is 0.494 e. The van der Waals surface area contributed by atoms with E-state index in [1.165, 1.54) is 0 Å². The highest BCUT2D eigenvalue weighted by Gasteiger charge is 2.17. The molecular weight excluding hydrogens is 473 g/mol. The van der Waals surface area contributed by atoms with E-state index in [4.69, 9.17) is 9.47 Å². The standard InChI is InChI=1S/C16H16Br2FN5O2/c1-25-14-11(17)6-10(7-12(14)18)8-21-23-16-20-9-13(19)15(22-16)24-2-4-26-5-3-24/h6-9H,2-5H2,1H3,(H,20,22,23)/b21-8-. The third kappa shape index (κ3) is 4.49. The van der Waals surface area contributed by atoms with Gasteiger partial charge in [-0.15, -0.1) is 0 Å². The van der Waals surface area contributed by atoms with Crippen molar-refractivity contribution in [1.82, 2.24) is 9.97 Å². The monoisotopic (exact) mass is 487 g/mol. The predicted octanol–water partition coefficient (Wildman–Crippen LogP) is 3.43. The molecule has 0 amide bonds. The number of morpholine rings is 1. The molecule has 1 aliphatic heterocycles. The van der Waals surface area contributed by atoms with Gasteiger partial charge in [0.05, 0.1) is 41.7 Å². The van der Waals surface area contributed by atoms with Gasteiger partial charge in [0.1, 0.15) is 5.75 Å². The zero-order chi connectivity index (χ0) is 18.5. The SMILES string of the molecule is COc1c(Br)cc(/C=N\Nc2ncc(F)c(N3CCOCC3)n2)cc1Br. The van der Waals surface area contributed by atoms with E-state index in [0.717, 1.165) is 20.7 Å². The number of anilines is 2. The number of rotatable bonds is 5. The van der Waals surface area contributed by atoms with Crippen LogP contribution >= 0.6 is 31.9 Å². The van der Waals surface area contributed by atoms with Gasteiger partial charge in [-0.3, -0.25) is 0 Å². The highest BCUT2D eigenvalue weighted by Crippen LogP contribution is 2.33. The van der Waals surface area contributed by atoms with Gasteiger partial charge in [-0.05, 0) is 49.6 Å². The van der Waals surface area contributed by atoms with E-state index in [0.29, 0.717) is 32.1 Å². The molecule has 0 atom stereocenters. The average Bonchev–Trinajstić information content (AvgIpc) is 2.64. The van der Waals surface area contributed by atoms with E-state index in [1.807, 2.05) is 17.0 Å². The van der Waals surface area contributed by atoms with Crippen molar-refractivity contribution >= 4 is 49.8 Å². The lowest BCUT2D eigenvalue weighted by Gasteiger charge is -2.27. The lowest BCUT2D eigenvalue weighted by molar-refractivity contribution is 0.122. The summed E-state index contributed by atoms with van der Waals surface area (Å²) in [6, 6.07) is 3.72. The van der Waals surface area contributed by atoms with Crippen LogP contribution in [0, 0.1) is 5.82 Å². The smallest absolute Gasteiger partial charge is 0.245 e. The Morgan fingerprint density at radius 2 is 2.00 bits per heavy atom. The molecule has 1 aromatic heterocycles. The van der Waals surface area contributed by atoms with Crippen LogP contribution in [0.1, 0.15) is 5.56 Å². The fourth-order valence-electron chi connectivity index (χ4n) is 2.42. The summed E-state index contributed by atoms with van der Waals surface area (Å²) in [4.78, 5) is 9.96. The quantitative estimate of drug-likeness (QED) is 0.513. The highest BCUT2D eigenvalue weighted by atomic mass is 79.9. The molecule has 7 nitrogen and oxygen atoms in total. The summed E-state index contributed by atoms with van der Waals surface area (Å²) in [6.07, 6.45) is 2.74. The van der Waals surface area contributed by atoms with Crippen LogP contribution in [0.2, 0.25) is 0 Å². The van der Waals surface area contributed by atoms with Gasteiger partial charge in [0.15, 0.2) is 11.6 Å². The van der Waals surface area contributed by atoms with E-state index in [9.17, 15) is 4.39 Å². The van der Waals surface area contributed by atoms with Crippen LogP contribution < -0.4 is 15.1 Å². The molecule has 0 bridgehead atoms. The maximum absolute atomic E-state index is 14.0. The van der Waals surface area contributed by atoms with E-state index < -0.39 is 5.82 Å². The second kappa shape index (κ2) is 8.74. The average molecular weight is 489 g/mol. The first-order valence-electron chi connectivity index (χ1n) is 7.76. The number of ether oxygens (including phenoxy) is 2. The molecule has 138 valence electrons. The first kappa shape index (κ1) is 19.0. The number of nitrogens with zero attached hydrogens (tertiary/aromatic N) is 4. The lowest BCUT2D eigenvalue weighted by Crippen LogP contribution is -2.37. The number of halogens is 3. The van der Waals surface area contributed by atoms with Gasteiger partial charge >= 0.3 is 0 Å². The summed E-state index contributed by atoms with van der Waals surface area (Å²) in [6.45, 7) is 2.27. The molecule has 0 spiro atoms. The normalized spacial score (nSPS) is 14.7. The van der Waals surface area contributed by atoms with Crippen molar-refractivity contribution in [3.63, 3.8) is 0 Å². The predicted molar refractivity (Wildman–Crippen MR) is 105 cm³/mol. The van der Waals surface area contributed by atoms with Crippen molar-refractivity contribution in [2.75, 3.05) is 43.7 Å². The maximum atomic E-state index is 14.0. The van der Waals surface area contributed by atoms with Gasteiger partial charge in [0.25, 0.3) is 0 Å². The van der Waals surface area contributed by atoms with Crippen LogP contribution in [-0.4, -0.2) is 49.6 Å². The van der Waals surface area contributed by atoms with Crippen molar-refractivity contribution < 1.29 is 13.9 Å². The van der Waals surface area contributed by atoms with Crippen molar-refractivity contribution in [3.8, 4) is 5.75 Å². The van der Waals surface area contributed by atoms with Gasteiger partial charge in [-0.1, -0.05) is 0 Å². The molecule has 3 rings (SSSR count). The zero-order valence-corrected chi connectivity index (χ0v) is 17.0. The minimum absolute atomic E-state index is 0.218. The van der Waals surface area contributed by atoms with Crippen molar-refractivity contribution in [2.45, 2.75) is 0 Å². The van der Waals surface area contributed by atoms with Crippen molar-refractivity contribution in [1.29, 1.82) is 0 Å². The molecule has 2 aromatic rings. The second-order valence-corrected chi connectivity index (χ2v) is 7.06. The number of hydrogen-bond donors (Lipinski definition) is 1. The van der Waals surface area contributed by atoms with Gasteiger partial charge in [-0.25, -0.2) is 14.8 Å². The minimum atomic E-state index is -0.468. The fourth-order valence-corrected chi connectivity index (χ4v) is 3.97. The number of methoxy groups -OCH3 is 1. The first-order valence-corrected chi connectivity index (χ1v) is 9.34.